The maximum Gasteiger partial charge on any atom is 0.418 e. The van der Waals surface area contributed by atoms with Gasteiger partial charge in [0.15, 0.2) is 0 Å². The minimum atomic E-state index is -4.85. The van der Waals surface area contributed by atoms with Crippen LogP contribution >= 0.6 is 11.3 Å². The van der Waals surface area contributed by atoms with Crippen molar-refractivity contribution < 1.29 is 26.8 Å². The summed E-state index contributed by atoms with van der Waals surface area (Å²) in [6, 6.07) is -0.928. The van der Waals surface area contributed by atoms with Gasteiger partial charge in [0.05, 0.1) is 22.6 Å². The summed E-state index contributed by atoms with van der Waals surface area (Å²) in [7, 11) is -6.06. The molecule has 1 N–H and O–H groups in total. The molecule has 1 saturated heterocycles. The van der Waals surface area contributed by atoms with Gasteiger partial charge in [0, 0.05) is 27.1 Å². The van der Waals surface area contributed by atoms with E-state index in [-0.39, 0.29) is 13.3 Å². The van der Waals surface area contributed by atoms with Crippen molar-refractivity contribution in [3.63, 3.8) is 0 Å². The minimum Gasteiger partial charge on any atom is -0.361 e. The molecule has 2 atom stereocenters. The summed E-state index contributed by atoms with van der Waals surface area (Å²) in [5, 5.41) is 0.685. The van der Waals surface area contributed by atoms with Crippen LogP contribution in [0.5, 0.6) is 0 Å². The van der Waals surface area contributed by atoms with E-state index in [1.807, 2.05) is 4.57 Å². The Bertz CT molecular complexity index is 1050. The first kappa shape index (κ1) is 21.4. The summed E-state index contributed by atoms with van der Waals surface area (Å²) in [6.07, 6.45) is 3.40. The molecular weight excluding hydrogens is 450 g/mol. The van der Waals surface area contributed by atoms with Gasteiger partial charge >= 0.3 is 16.4 Å². The summed E-state index contributed by atoms with van der Waals surface area (Å²) in [4.78, 5) is 23.9. The van der Waals surface area contributed by atoms with Crippen molar-refractivity contribution in [2.45, 2.75) is 44.5 Å². The summed E-state index contributed by atoms with van der Waals surface area (Å²) < 4.78 is 43.8. The molecule has 2 bridgehead atoms. The number of carbonyl (C=O) groups is 1. The quantitative estimate of drug-likeness (QED) is 0.351. The van der Waals surface area contributed by atoms with Crippen LogP contribution in [0.1, 0.15) is 28.5 Å². The number of nitrogens with zero attached hydrogens (tertiary/aromatic N) is 5. The predicted molar refractivity (Wildman–Crippen MR) is 110 cm³/mol. The van der Waals surface area contributed by atoms with Crippen LogP contribution in [0.3, 0.4) is 0 Å². The van der Waals surface area contributed by atoms with Gasteiger partial charge in [0.1, 0.15) is 24.6 Å². The Kier molecular flexibility index (Phi) is 5.48. The second-order valence-electron chi connectivity index (χ2n) is 8.39. The lowest BCUT2D eigenvalue weighted by atomic mass is 10.0. The summed E-state index contributed by atoms with van der Waals surface area (Å²) in [5.74, 6) is 0.565. The van der Waals surface area contributed by atoms with Crippen molar-refractivity contribution >= 4 is 35.8 Å². The topological polar surface area (TPSA) is 127 Å². The van der Waals surface area contributed by atoms with E-state index in [4.69, 9.17) is 9.29 Å². The Morgan fingerprint density at radius 3 is 2.80 bits per heavy atom. The number of fused-ring (bicyclic) bond motifs is 4. The number of amides is 2. The number of aromatic nitrogens is 3. The second-order valence-corrected chi connectivity index (χ2v) is 15.9. The molecule has 2 aliphatic heterocycles. The summed E-state index contributed by atoms with van der Waals surface area (Å²) in [5.41, 5.74) is 2.24. The van der Waals surface area contributed by atoms with E-state index in [0.717, 1.165) is 6.04 Å². The number of imidazole rings is 1. The molecule has 30 heavy (non-hydrogen) atoms. The molecule has 164 valence electrons. The fourth-order valence-electron chi connectivity index (χ4n) is 3.54. The van der Waals surface area contributed by atoms with Gasteiger partial charge < -0.3 is 14.2 Å². The van der Waals surface area contributed by atoms with Crippen LogP contribution < -0.4 is 0 Å². The van der Waals surface area contributed by atoms with Crippen molar-refractivity contribution in [1.29, 1.82) is 0 Å². The Labute approximate surface area is 179 Å². The van der Waals surface area contributed by atoms with Crippen molar-refractivity contribution in [1.82, 2.24) is 24.5 Å². The first-order chi connectivity index (χ1) is 14.1. The maximum atomic E-state index is 12.9. The van der Waals surface area contributed by atoms with Crippen LogP contribution in [-0.2, 0) is 26.2 Å². The molecule has 4 heterocycles. The molecule has 0 radical (unpaired) electrons. The smallest absolute Gasteiger partial charge is 0.361 e. The number of hydroxylamine groups is 2. The van der Waals surface area contributed by atoms with Crippen LogP contribution in [0, 0.1) is 0 Å². The normalized spacial score (nSPS) is 21.4. The van der Waals surface area contributed by atoms with Crippen LogP contribution in [0.15, 0.2) is 17.9 Å². The molecular formula is C16H23N5O6S2Si. The zero-order valence-electron chi connectivity index (χ0n) is 16.8. The highest BCUT2D eigenvalue weighted by Gasteiger charge is 2.53. The molecule has 2 aromatic rings. The van der Waals surface area contributed by atoms with Gasteiger partial charge in [-0.15, -0.1) is 15.6 Å². The number of ether oxygens (including phenoxy) is 1. The Balaban J connectivity index is 1.60. The minimum absolute atomic E-state index is 0.192. The van der Waals surface area contributed by atoms with E-state index in [1.165, 1.54) is 16.2 Å². The van der Waals surface area contributed by atoms with E-state index in [1.54, 1.807) is 17.9 Å². The molecule has 1 fully saturated rings. The Morgan fingerprint density at radius 1 is 1.33 bits per heavy atom. The van der Waals surface area contributed by atoms with Gasteiger partial charge in [-0.3, -0.25) is 4.55 Å². The average Bonchev–Trinajstić information content (AvgIpc) is 3.34. The number of carbonyl (C=O) groups excluding carboxylic acids is 1. The molecule has 14 heteroatoms. The SMILES string of the molecule is C[Si](C)(C)CCOCn1ccnc1[C@@H]1c2ncsc2C2CN1C(=O)N2OS(=O)(=O)O. The largest absolute Gasteiger partial charge is 0.418 e. The monoisotopic (exact) mass is 473 g/mol. The fraction of sp³-hybridized carbons (Fsp3) is 0.562. The van der Waals surface area contributed by atoms with Crippen molar-refractivity contribution in [3.05, 3.63) is 34.3 Å². The van der Waals surface area contributed by atoms with E-state index in [0.29, 0.717) is 28.1 Å². The van der Waals surface area contributed by atoms with Gasteiger partial charge in [-0.05, 0) is 6.04 Å². The third-order valence-corrected chi connectivity index (χ3v) is 7.98. The van der Waals surface area contributed by atoms with E-state index >= 15 is 0 Å². The molecule has 0 aromatic carbocycles. The van der Waals surface area contributed by atoms with E-state index < -0.39 is 36.6 Å². The van der Waals surface area contributed by atoms with Gasteiger partial charge in [0.2, 0.25) is 0 Å². The lowest BCUT2D eigenvalue weighted by Gasteiger charge is -2.29. The van der Waals surface area contributed by atoms with E-state index in [2.05, 4.69) is 33.9 Å². The molecule has 0 saturated carbocycles. The first-order valence-corrected chi connectivity index (χ1v) is 15.3. The lowest BCUT2D eigenvalue weighted by molar-refractivity contribution is -0.0308. The molecule has 2 aliphatic rings. The zero-order chi connectivity index (χ0) is 21.7. The molecule has 11 nitrogen and oxygen atoms in total. The lowest BCUT2D eigenvalue weighted by Crippen LogP contribution is -2.37. The van der Waals surface area contributed by atoms with Crippen molar-refractivity contribution in [2.24, 2.45) is 0 Å². The number of thiazole rings is 1. The highest BCUT2D eigenvalue weighted by Crippen LogP contribution is 2.47. The number of hydrogen-bond donors (Lipinski definition) is 1. The number of urea groups is 1. The molecule has 0 spiro atoms. The number of hydrogen-bond acceptors (Lipinski definition) is 8. The average molecular weight is 474 g/mol. The van der Waals surface area contributed by atoms with Crippen molar-refractivity contribution in [3.8, 4) is 0 Å². The fourth-order valence-corrected chi connectivity index (χ4v) is 5.56. The van der Waals surface area contributed by atoms with E-state index in [9.17, 15) is 13.2 Å². The number of rotatable bonds is 8. The highest BCUT2D eigenvalue weighted by molar-refractivity contribution is 7.80. The van der Waals surface area contributed by atoms with Gasteiger partial charge in [0.25, 0.3) is 0 Å². The standard InChI is InChI=1S/C16H23N5O6S2Si/c1-30(2,3)7-6-26-10-19-5-4-17-15(19)13-12-14(28-9-18-12)11-8-20(13)16(22)21(11)27-29(23,24)25/h4-5,9,11,13H,6-8,10H2,1-3H3,(H,23,24,25)/t11?,13-/m0/s1. The predicted octanol–water partition coefficient (Wildman–Crippen LogP) is 2.27. The van der Waals surface area contributed by atoms with Crippen LogP contribution in [0.2, 0.25) is 25.7 Å². The Hall–Kier alpha value is -1.84. The Morgan fingerprint density at radius 2 is 2.10 bits per heavy atom. The highest BCUT2D eigenvalue weighted by atomic mass is 32.3. The third kappa shape index (κ3) is 4.15. The second kappa shape index (κ2) is 7.69. The zero-order valence-corrected chi connectivity index (χ0v) is 19.4. The maximum absolute atomic E-state index is 12.9. The van der Waals surface area contributed by atoms with Gasteiger partial charge in [-0.1, -0.05) is 19.6 Å². The molecule has 4 rings (SSSR count). The van der Waals surface area contributed by atoms with Gasteiger partial charge in [-0.25, -0.2) is 14.8 Å². The summed E-state index contributed by atoms with van der Waals surface area (Å²) >= 11 is 1.30. The molecule has 2 amide bonds. The van der Waals surface area contributed by atoms with Crippen LogP contribution in [0.25, 0.3) is 0 Å². The van der Waals surface area contributed by atoms with Crippen LogP contribution in [0.4, 0.5) is 4.79 Å². The molecule has 0 aliphatic carbocycles. The van der Waals surface area contributed by atoms with Crippen molar-refractivity contribution in [2.75, 3.05) is 13.2 Å². The van der Waals surface area contributed by atoms with Crippen LogP contribution in [-0.4, -0.2) is 64.7 Å². The molecule has 1 unspecified atom stereocenters. The molecule has 2 aromatic heterocycles. The van der Waals surface area contributed by atoms with Gasteiger partial charge in [-0.2, -0.15) is 13.5 Å². The summed E-state index contributed by atoms with van der Waals surface area (Å²) in [6.45, 7) is 7.95. The first-order valence-electron chi connectivity index (χ1n) is 9.34. The third-order valence-electron chi connectivity index (χ3n) is 4.98.